The maximum absolute atomic E-state index is 13.3. The number of benzene rings is 1. The molecule has 2 saturated heterocycles. The van der Waals surface area contributed by atoms with Gasteiger partial charge in [-0.1, -0.05) is 43.2 Å². The maximum atomic E-state index is 13.3. The van der Waals surface area contributed by atoms with Gasteiger partial charge in [-0.15, -0.1) is 0 Å². The van der Waals surface area contributed by atoms with E-state index in [1.54, 1.807) is 0 Å². The first-order valence-electron chi connectivity index (χ1n) is 12.7. The Morgan fingerprint density at radius 3 is 2.36 bits per heavy atom. The average molecular weight is 457 g/mol. The fraction of sp³-hybridized carbons (Fsp3) is 0.704. The summed E-state index contributed by atoms with van der Waals surface area (Å²) in [5, 5.41) is 0. The molecule has 3 atom stereocenters. The Morgan fingerprint density at radius 1 is 0.970 bits per heavy atom. The molecule has 1 saturated carbocycles. The monoisotopic (exact) mass is 456 g/mol. The van der Waals surface area contributed by atoms with E-state index in [-0.39, 0.29) is 18.1 Å². The molecule has 3 fully saturated rings. The molecule has 2 unspecified atom stereocenters. The van der Waals surface area contributed by atoms with Crippen molar-refractivity contribution < 1.29 is 19.1 Å². The zero-order chi connectivity index (χ0) is 23.4. The lowest BCUT2D eigenvalue weighted by atomic mass is 9.79. The molecule has 1 aromatic carbocycles. The van der Waals surface area contributed by atoms with Gasteiger partial charge in [-0.2, -0.15) is 0 Å². The van der Waals surface area contributed by atoms with Crippen LogP contribution < -0.4 is 0 Å². The Kier molecular flexibility index (Phi) is 7.62. The van der Waals surface area contributed by atoms with Gasteiger partial charge in [-0.3, -0.25) is 9.69 Å². The van der Waals surface area contributed by atoms with Gasteiger partial charge < -0.3 is 14.4 Å². The Labute approximate surface area is 198 Å². The van der Waals surface area contributed by atoms with E-state index in [2.05, 4.69) is 4.90 Å². The Bertz CT molecular complexity index is 800. The summed E-state index contributed by atoms with van der Waals surface area (Å²) in [6, 6.07) is 9.74. The second-order valence-electron chi connectivity index (χ2n) is 11.1. The van der Waals surface area contributed by atoms with Crippen LogP contribution >= 0.6 is 0 Å². The van der Waals surface area contributed by atoms with Crippen LogP contribution in [0.3, 0.4) is 0 Å². The first kappa shape index (κ1) is 24.1. The summed E-state index contributed by atoms with van der Waals surface area (Å²) in [5.41, 5.74) is 0.540. The molecule has 0 radical (unpaired) electrons. The lowest BCUT2D eigenvalue weighted by Crippen LogP contribution is -2.56. The molecule has 0 aromatic heterocycles. The number of nitrogens with zero attached hydrogens (tertiary/aromatic N) is 2. The highest BCUT2D eigenvalue weighted by molar-refractivity contribution is 5.76. The van der Waals surface area contributed by atoms with Crippen molar-refractivity contribution in [2.24, 2.45) is 17.8 Å². The zero-order valence-corrected chi connectivity index (χ0v) is 20.5. The number of rotatable bonds is 5. The van der Waals surface area contributed by atoms with E-state index in [4.69, 9.17) is 9.47 Å². The maximum Gasteiger partial charge on any atom is 0.410 e. The van der Waals surface area contributed by atoms with Gasteiger partial charge >= 0.3 is 12.1 Å². The van der Waals surface area contributed by atoms with Crippen molar-refractivity contribution in [2.45, 2.75) is 77.5 Å². The van der Waals surface area contributed by atoms with Crippen molar-refractivity contribution in [1.82, 2.24) is 9.80 Å². The molecule has 182 valence electrons. The van der Waals surface area contributed by atoms with E-state index in [0.29, 0.717) is 30.9 Å². The molecular weight excluding hydrogens is 416 g/mol. The number of piperidine rings is 2. The smallest absolute Gasteiger partial charge is 0.410 e. The van der Waals surface area contributed by atoms with Crippen molar-refractivity contribution in [3.05, 3.63) is 35.9 Å². The van der Waals surface area contributed by atoms with E-state index >= 15 is 0 Å². The molecular formula is C27H40N2O4. The molecule has 1 aromatic rings. The Hall–Kier alpha value is -2.08. The SMILES string of the molecule is CC(C)(C)OC(=O)N1CCC2CCN([C@H](C(=O)OCc3ccccc3)C3CCCC3)CC2C1. The summed E-state index contributed by atoms with van der Waals surface area (Å²) in [6.07, 6.45) is 6.47. The molecule has 2 heterocycles. The molecule has 0 bridgehead atoms. The van der Waals surface area contributed by atoms with Gasteiger partial charge in [-0.05, 0) is 76.3 Å². The lowest BCUT2D eigenvalue weighted by Gasteiger charge is -2.47. The third kappa shape index (κ3) is 6.28. The summed E-state index contributed by atoms with van der Waals surface area (Å²) in [4.78, 5) is 30.2. The predicted molar refractivity (Wildman–Crippen MR) is 128 cm³/mol. The number of likely N-dealkylation sites (tertiary alicyclic amines) is 2. The van der Waals surface area contributed by atoms with E-state index in [9.17, 15) is 9.59 Å². The first-order valence-corrected chi connectivity index (χ1v) is 12.7. The van der Waals surface area contributed by atoms with Crippen LogP contribution in [0.15, 0.2) is 30.3 Å². The molecule has 1 aliphatic carbocycles. The first-order chi connectivity index (χ1) is 15.8. The van der Waals surface area contributed by atoms with Gasteiger partial charge in [0.2, 0.25) is 0 Å². The number of carbonyl (C=O) groups excluding carboxylic acids is 2. The fourth-order valence-electron chi connectivity index (χ4n) is 5.86. The Morgan fingerprint density at radius 2 is 1.67 bits per heavy atom. The van der Waals surface area contributed by atoms with Gasteiger partial charge in [-0.25, -0.2) is 4.79 Å². The van der Waals surface area contributed by atoms with Crippen LogP contribution in [0, 0.1) is 17.8 Å². The summed E-state index contributed by atoms with van der Waals surface area (Å²) >= 11 is 0. The minimum Gasteiger partial charge on any atom is -0.460 e. The molecule has 0 spiro atoms. The second kappa shape index (κ2) is 10.5. The highest BCUT2D eigenvalue weighted by Crippen LogP contribution is 2.37. The van der Waals surface area contributed by atoms with Gasteiger partial charge in [0.25, 0.3) is 0 Å². The number of amides is 1. The van der Waals surface area contributed by atoms with Gasteiger partial charge in [0.05, 0.1) is 0 Å². The predicted octanol–water partition coefficient (Wildman–Crippen LogP) is 4.87. The molecule has 2 aliphatic heterocycles. The zero-order valence-electron chi connectivity index (χ0n) is 20.5. The van der Waals surface area contributed by atoms with E-state index in [1.807, 2.05) is 56.0 Å². The number of carbonyl (C=O) groups is 2. The molecule has 0 N–H and O–H groups in total. The number of fused-ring (bicyclic) bond motifs is 1. The molecule has 33 heavy (non-hydrogen) atoms. The summed E-state index contributed by atoms with van der Waals surface area (Å²) < 4.78 is 11.5. The van der Waals surface area contributed by atoms with Crippen molar-refractivity contribution in [3.8, 4) is 0 Å². The second-order valence-corrected chi connectivity index (χ2v) is 11.1. The molecule has 6 heteroatoms. The number of ether oxygens (including phenoxy) is 2. The summed E-state index contributed by atoms with van der Waals surface area (Å²) in [5.74, 6) is 1.29. The molecule has 3 aliphatic rings. The quantitative estimate of drug-likeness (QED) is 0.592. The van der Waals surface area contributed by atoms with E-state index < -0.39 is 5.60 Å². The van der Waals surface area contributed by atoms with Crippen LogP contribution in [0.2, 0.25) is 0 Å². The third-order valence-corrected chi connectivity index (χ3v) is 7.50. The molecule has 4 rings (SSSR count). The van der Waals surface area contributed by atoms with E-state index in [0.717, 1.165) is 50.9 Å². The van der Waals surface area contributed by atoms with Crippen LogP contribution in [0.1, 0.15) is 64.9 Å². The largest absolute Gasteiger partial charge is 0.460 e. The normalized spacial score (nSPS) is 25.4. The Balaban J connectivity index is 1.41. The summed E-state index contributed by atoms with van der Waals surface area (Å²) in [6.45, 7) is 9.33. The number of esters is 1. The highest BCUT2D eigenvalue weighted by Gasteiger charge is 2.43. The van der Waals surface area contributed by atoms with Crippen LogP contribution in [0.4, 0.5) is 4.79 Å². The van der Waals surface area contributed by atoms with Gasteiger partial charge in [0, 0.05) is 19.6 Å². The van der Waals surface area contributed by atoms with Gasteiger partial charge in [0.15, 0.2) is 0 Å². The van der Waals surface area contributed by atoms with Crippen molar-refractivity contribution in [3.63, 3.8) is 0 Å². The standard InChI is InChI=1S/C27H40N2O4/c1-27(2,3)33-26(31)29-16-14-21-13-15-28(17-23(21)18-29)24(22-11-7-8-12-22)25(30)32-19-20-9-5-4-6-10-20/h4-6,9-10,21-24H,7-8,11-19H2,1-3H3/t21?,23?,24-/m0/s1. The third-order valence-electron chi connectivity index (χ3n) is 7.50. The average Bonchev–Trinajstić information content (AvgIpc) is 3.31. The number of hydrogen-bond acceptors (Lipinski definition) is 5. The topological polar surface area (TPSA) is 59.1 Å². The fourth-order valence-corrected chi connectivity index (χ4v) is 5.86. The number of hydrogen-bond donors (Lipinski definition) is 0. The van der Waals surface area contributed by atoms with Crippen LogP contribution in [-0.2, 0) is 20.9 Å². The van der Waals surface area contributed by atoms with Crippen LogP contribution in [0.5, 0.6) is 0 Å². The van der Waals surface area contributed by atoms with Crippen molar-refractivity contribution in [1.29, 1.82) is 0 Å². The summed E-state index contributed by atoms with van der Waals surface area (Å²) in [7, 11) is 0. The van der Waals surface area contributed by atoms with Crippen molar-refractivity contribution >= 4 is 12.1 Å². The van der Waals surface area contributed by atoms with Crippen LogP contribution in [-0.4, -0.2) is 59.7 Å². The van der Waals surface area contributed by atoms with Gasteiger partial charge in [0.1, 0.15) is 18.2 Å². The lowest BCUT2D eigenvalue weighted by molar-refractivity contribution is -0.155. The minimum atomic E-state index is -0.484. The van der Waals surface area contributed by atoms with Crippen LogP contribution in [0.25, 0.3) is 0 Å². The van der Waals surface area contributed by atoms with E-state index in [1.165, 1.54) is 12.8 Å². The minimum absolute atomic E-state index is 0.0796. The highest BCUT2D eigenvalue weighted by atomic mass is 16.6. The molecule has 1 amide bonds. The molecule has 6 nitrogen and oxygen atoms in total. The van der Waals surface area contributed by atoms with Crippen molar-refractivity contribution in [2.75, 3.05) is 26.2 Å².